The van der Waals surface area contributed by atoms with E-state index in [1.807, 2.05) is 0 Å². The predicted octanol–water partition coefficient (Wildman–Crippen LogP) is 3.31. The van der Waals surface area contributed by atoms with E-state index in [4.69, 9.17) is 28.5 Å². The lowest BCUT2D eigenvalue weighted by molar-refractivity contribution is 0.0655. The number of ether oxygens (including phenoxy) is 2. The maximum Gasteiger partial charge on any atom is 0.371 e. The molecule has 170 valence electrons. The highest BCUT2D eigenvalue weighted by molar-refractivity contribution is 5.95. The minimum atomic E-state index is -1.30. The zero-order chi connectivity index (χ0) is 24.3. The van der Waals surface area contributed by atoms with Crippen LogP contribution in [-0.2, 0) is 0 Å². The number of benzene rings is 2. The lowest BCUT2D eigenvalue weighted by atomic mass is 10.1. The number of para-hydroxylation sites is 1. The summed E-state index contributed by atoms with van der Waals surface area (Å²) < 4.78 is 19.8. The molecule has 2 aromatic heterocycles. The van der Waals surface area contributed by atoms with Crippen molar-refractivity contribution in [2.24, 2.45) is 0 Å². The van der Waals surface area contributed by atoms with Crippen molar-refractivity contribution < 1.29 is 38.1 Å². The number of hydrogen-bond donors (Lipinski definition) is 2. The first-order chi connectivity index (χ1) is 15.7. The summed E-state index contributed by atoms with van der Waals surface area (Å²) in [5.41, 5.74) is -1.03. The van der Waals surface area contributed by atoms with Crippen LogP contribution in [0.4, 0.5) is 0 Å². The Hall–Kier alpha value is -4.60. The van der Waals surface area contributed by atoms with E-state index in [9.17, 15) is 19.2 Å². The van der Waals surface area contributed by atoms with Gasteiger partial charge in [0.1, 0.15) is 16.5 Å². The van der Waals surface area contributed by atoms with Crippen molar-refractivity contribution in [2.45, 2.75) is 6.92 Å². The molecule has 10 nitrogen and oxygen atoms in total. The molecule has 0 fully saturated rings. The molecule has 0 aliphatic heterocycles. The van der Waals surface area contributed by atoms with Crippen molar-refractivity contribution in [3.8, 4) is 11.5 Å². The van der Waals surface area contributed by atoms with Crippen LogP contribution in [0.15, 0.2) is 60.9 Å². The molecule has 0 bridgehead atoms. The van der Waals surface area contributed by atoms with Gasteiger partial charge in [0.2, 0.25) is 5.76 Å². The van der Waals surface area contributed by atoms with Gasteiger partial charge in [0.15, 0.2) is 11.5 Å². The fraction of sp³-hybridized carbons (Fsp3) is 0.130. The van der Waals surface area contributed by atoms with Crippen LogP contribution in [0.2, 0.25) is 0 Å². The van der Waals surface area contributed by atoms with E-state index in [1.54, 1.807) is 43.3 Å². The Bertz CT molecular complexity index is 1490. The van der Waals surface area contributed by atoms with Gasteiger partial charge in [-0.2, -0.15) is 0 Å². The lowest BCUT2D eigenvalue weighted by Crippen LogP contribution is -2.15. The van der Waals surface area contributed by atoms with Crippen LogP contribution < -0.4 is 20.7 Å². The first kappa shape index (κ1) is 23.1. The molecule has 10 heteroatoms. The molecule has 2 heterocycles. The minimum Gasteiger partial charge on any atom is -0.493 e. The normalized spacial score (nSPS) is 10.4. The van der Waals surface area contributed by atoms with Crippen LogP contribution in [0, 0.1) is 6.92 Å². The fourth-order valence-corrected chi connectivity index (χ4v) is 3.25. The van der Waals surface area contributed by atoms with Crippen LogP contribution in [0.25, 0.3) is 21.7 Å². The third-order valence-electron chi connectivity index (χ3n) is 4.77. The number of methoxy groups -OCH3 is 2. The summed E-state index contributed by atoms with van der Waals surface area (Å²) >= 11 is 0. The average molecular weight is 454 g/mol. The summed E-state index contributed by atoms with van der Waals surface area (Å²) in [5, 5.41) is 18.9. The molecular weight excluding hydrogens is 436 g/mol. The van der Waals surface area contributed by atoms with E-state index >= 15 is 0 Å². The highest BCUT2D eigenvalue weighted by atomic mass is 16.5. The Morgan fingerprint density at radius 3 is 2.18 bits per heavy atom. The van der Waals surface area contributed by atoms with Crippen LogP contribution in [0.1, 0.15) is 26.5 Å². The molecule has 33 heavy (non-hydrogen) atoms. The molecule has 0 atom stereocenters. The van der Waals surface area contributed by atoms with Gasteiger partial charge < -0.3 is 28.5 Å². The van der Waals surface area contributed by atoms with Gasteiger partial charge in [0, 0.05) is 5.39 Å². The van der Waals surface area contributed by atoms with Gasteiger partial charge in [0.25, 0.3) is 0 Å². The van der Waals surface area contributed by atoms with Crippen LogP contribution in [0.3, 0.4) is 0 Å². The molecular formula is C23H18O10. The molecule has 0 saturated carbocycles. The van der Waals surface area contributed by atoms with Gasteiger partial charge in [-0.25, -0.2) is 19.2 Å². The first-order valence-electron chi connectivity index (χ1n) is 9.37. The molecule has 0 radical (unpaired) electrons. The molecule has 0 saturated heterocycles. The molecule has 0 amide bonds. The van der Waals surface area contributed by atoms with Crippen molar-refractivity contribution in [3.63, 3.8) is 0 Å². The molecule has 0 aliphatic rings. The Morgan fingerprint density at radius 2 is 1.58 bits per heavy atom. The van der Waals surface area contributed by atoms with Gasteiger partial charge in [-0.05, 0) is 36.1 Å². The van der Waals surface area contributed by atoms with E-state index in [2.05, 4.69) is 0 Å². The quantitative estimate of drug-likeness (QED) is 0.439. The number of aromatic carboxylic acids is 2. The van der Waals surface area contributed by atoms with Crippen molar-refractivity contribution in [1.29, 1.82) is 0 Å². The number of carboxylic acids is 2. The van der Waals surface area contributed by atoms with Crippen molar-refractivity contribution in [1.82, 2.24) is 0 Å². The Balaban J connectivity index is 0.000000189. The number of aryl methyl sites for hydroxylation is 1. The average Bonchev–Trinajstić information content (AvgIpc) is 2.78. The number of carbonyl (C=O) groups is 2. The SMILES string of the molecule is COc1ccc2cc(C(=O)O)oc(=O)c2c1OC.Cc1c(C(=O)O)c(=O)oc2ccccc12. The first-order valence-corrected chi connectivity index (χ1v) is 9.37. The van der Waals surface area contributed by atoms with Crippen molar-refractivity contribution in [3.05, 3.63) is 80.2 Å². The third kappa shape index (κ3) is 4.40. The predicted molar refractivity (Wildman–Crippen MR) is 117 cm³/mol. The molecule has 4 aromatic rings. The van der Waals surface area contributed by atoms with E-state index in [0.29, 0.717) is 27.7 Å². The maximum absolute atomic E-state index is 11.8. The van der Waals surface area contributed by atoms with Gasteiger partial charge in [-0.1, -0.05) is 24.3 Å². The summed E-state index contributed by atoms with van der Waals surface area (Å²) in [6.45, 7) is 1.60. The van der Waals surface area contributed by atoms with Crippen molar-refractivity contribution >= 4 is 33.7 Å². The van der Waals surface area contributed by atoms with Crippen LogP contribution >= 0.6 is 0 Å². The highest BCUT2D eigenvalue weighted by Gasteiger charge is 2.18. The monoisotopic (exact) mass is 454 g/mol. The smallest absolute Gasteiger partial charge is 0.371 e. The van der Waals surface area contributed by atoms with E-state index in [0.717, 1.165) is 0 Å². The maximum atomic E-state index is 11.8. The second-order valence-corrected chi connectivity index (χ2v) is 6.66. The van der Waals surface area contributed by atoms with Crippen LogP contribution in [-0.4, -0.2) is 36.4 Å². The summed E-state index contributed by atoms with van der Waals surface area (Å²) in [4.78, 5) is 44.7. The van der Waals surface area contributed by atoms with Gasteiger partial charge in [0.05, 0.1) is 14.2 Å². The van der Waals surface area contributed by atoms with Crippen molar-refractivity contribution in [2.75, 3.05) is 14.2 Å². The highest BCUT2D eigenvalue weighted by Crippen LogP contribution is 2.33. The third-order valence-corrected chi connectivity index (χ3v) is 4.77. The number of hydrogen-bond acceptors (Lipinski definition) is 8. The van der Waals surface area contributed by atoms with E-state index < -0.39 is 29.0 Å². The zero-order valence-corrected chi connectivity index (χ0v) is 17.7. The van der Waals surface area contributed by atoms with E-state index in [1.165, 1.54) is 20.3 Å². The Kier molecular flexibility index (Phi) is 6.48. The number of carboxylic acid groups (broad SMARTS) is 2. The fourth-order valence-electron chi connectivity index (χ4n) is 3.25. The second-order valence-electron chi connectivity index (χ2n) is 6.66. The van der Waals surface area contributed by atoms with Gasteiger partial charge in [-0.3, -0.25) is 0 Å². The molecule has 4 rings (SSSR count). The Morgan fingerprint density at radius 1 is 0.879 bits per heavy atom. The summed E-state index contributed by atoms with van der Waals surface area (Å²) in [6.07, 6.45) is 0. The summed E-state index contributed by atoms with van der Waals surface area (Å²) in [6, 6.07) is 11.3. The van der Waals surface area contributed by atoms with Crippen LogP contribution in [0.5, 0.6) is 11.5 Å². The molecule has 2 N–H and O–H groups in total. The molecule has 0 unspecified atom stereocenters. The standard InChI is InChI=1S/C12H10O6.C11H8O4/c1-16-7-4-3-6-5-8(11(13)14)18-12(15)9(6)10(7)17-2;1-6-7-4-2-3-5-8(7)15-11(14)9(6)10(12)13/h3-5H,1-2H3,(H,13,14);2-5H,1H3,(H,12,13). The zero-order valence-electron chi connectivity index (χ0n) is 17.7. The van der Waals surface area contributed by atoms with Gasteiger partial charge in [-0.15, -0.1) is 0 Å². The largest absolute Gasteiger partial charge is 0.493 e. The van der Waals surface area contributed by atoms with Gasteiger partial charge >= 0.3 is 23.2 Å². The molecule has 0 aliphatic carbocycles. The topological polar surface area (TPSA) is 153 Å². The number of rotatable bonds is 4. The van der Waals surface area contributed by atoms with E-state index in [-0.39, 0.29) is 16.7 Å². The Labute approximate surface area is 185 Å². The summed E-state index contributed by atoms with van der Waals surface area (Å²) in [7, 11) is 2.83. The lowest BCUT2D eigenvalue weighted by Gasteiger charge is -2.09. The molecule has 2 aromatic carbocycles. The number of fused-ring (bicyclic) bond motifs is 2. The minimum absolute atomic E-state index is 0.154. The molecule has 0 spiro atoms. The second kappa shape index (κ2) is 9.27. The summed E-state index contributed by atoms with van der Waals surface area (Å²) in [5.74, 6) is -2.38.